The fourth-order valence-corrected chi connectivity index (χ4v) is 5.58. The Morgan fingerprint density at radius 3 is 2.49 bits per heavy atom. The number of hydrogen-bond acceptors (Lipinski definition) is 7. The first-order valence-corrected chi connectivity index (χ1v) is 14.8. The molecular formula is C31H29Br2N3O7. The molecule has 43 heavy (non-hydrogen) atoms. The summed E-state index contributed by atoms with van der Waals surface area (Å²) in [5, 5.41) is 5.04. The van der Waals surface area contributed by atoms with Gasteiger partial charge in [0.1, 0.15) is 11.3 Å². The van der Waals surface area contributed by atoms with E-state index >= 15 is 0 Å². The Balaban J connectivity index is 1.63. The standard InChI is InChI=1S/C31H29Br2N3O7/c1-5-10-42-25-9-8-21(15-26(25)41-4)36-30(39)22(29(38)35-31(36)40)13-19-12-20(32)14-23(33)28(19)43-16-27(37)34-24-11-17(2)6-7-18(24)3/h6-9,11-15H,5,10,16H2,1-4H3,(H,34,37)(H,35,38,40)/b22-13-. The van der Waals surface area contributed by atoms with Crippen molar-refractivity contribution in [2.45, 2.75) is 27.2 Å². The van der Waals surface area contributed by atoms with Gasteiger partial charge in [-0.2, -0.15) is 0 Å². The number of ether oxygens (including phenoxy) is 3. The molecule has 0 radical (unpaired) electrons. The number of aryl methyl sites for hydroxylation is 2. The molecule has 4 rings (SSSR count). The lowest BCUT2D eigenvalue weighted by atomic mass is 10.1. The van der Waals surface area contributed by atoms with E-state index in [2.05, 4.69) is 42.5 Å². The number of imide groups is 2. The van der Waals surface area contributed by atoms with Crippen molar-refractivity contribution in [1.29, 1.82) is 0 Å². The minimum Gasteiger partial charge on any atom is -0.493 e. The zero-order valence-electron chi connectivity index (χ0n) is 23.9. The Kier molecular flexibility index (Phi) is 10.3. The van der Waals surface area contributed by atoms with E-state index in [9.17, 15) is 19.2 Å². The van der Waals surface area contributed by atoms with Crippen LogP contribution in [0.25, 0.3) is 6.08 Å². The topological polar surface area (TPSA) is 123 Å². The first-order chi connectivity index (χ1) is 20.5. The molecule has 1 saturated heterocycles. The molecule has 0 spiro atoms. The molecule has 0 atom stereocenters. The number of barbiturate groups is 1. The van der Waals surface area contributed by atoms with Crippen LogP contribution in [-0.2, 0) is 14.4 Å². The van der Waals surface area contributed by atoms with Crippen molar-refractivity contribution in [3.63, 3.8) is 0 Å². The van der Waals surface area contributed by atoms with Gasteiger partial charge in [0.25, 0.3) is 17.7 Å². The van der Waals surface area contributed by atoms with E-state index in [1.807, 2.05) is 39.0 Å². The molecule has 0 saturated carbocycles. The number of urea groups is 1. The predicted molar refractivity (Wildman–Crippen MR) is 170 cm³/mol. The average Bonchev–Trinajstić information content (AvgIpc) is 2.95. The van der Waals surface area contributed by atoms with Crippen molar-refractivity contribution in [3.8, 4) is 17.2 Å². The Bertz CT molecular complexity index is 1640. The van der Waals surface area contributed by atoms with Gasteiger partial charge in [0, 0.05) is 21.8 Å². The molecule has 0 bridgehead atoms. The highest BCUT2D eigenvalue weighted by molar-refractivity contribution is 9.11. The molecule has 3 aromatic rings. The third-order valence-electron chi connectivity index (χ3n) is 6.32. The van der Waals surface area contributed by atoms with Gasteiger partial charge < -0.3 is 19.5 Å². The minimum absolute atomic E-state index is 0.177. The van der Waals surface area contributed by atoms with Gasteiger partial charge in [-0.15, -0.1) is 0 Å². The van der Waals surface area contributed by atoms with E-state index < -0.39 is 23.8 Å². The van der Waals surface area contributed by atoms with Gasteiger partial charge >= 0.3 is 6.03 Å². The number of nitrogens with zero attached hydrogens (tertiary/aromatic N) is 1. The molecule has 10 nitrogen and oxygen atoms in total. The summed E-state index contributed by atoms with van der Waals surface area (Å²) in [5.41, 5.74) is 2.73. The second kappa shape index (κ2) is 13.9. The molecule has 3 aromatic carbocycles. The van der Waals surface area contributed by atoms with Crippen LogP contribution in [0, 0.1) is 13.8 Å². The van der Waals surface area contributed by atoms with Crippen LogP contribution >= 0.6 is 31.9 Å². The molecular weight excluding hydrogens is 686 g/mol. The lowest BCUT2D eigenvalue weighted by molar-refractivity contribution is -0.122. The number of methoxy groups -OCH3 is 1. The molecule has 1 aliphatic heterocycles. The van der Waals surface area contributed by atoms with Gasteiger partial charge in [0.2, 0.25) is 0 Å². The number of amides is 5. The van der Waals surface area contributed by atoms with E-state index in [1.54, 1.807) is 18.2 Å². The molecule has 1 heterocycles. The van der Waals surface area contributed by atoms with Crippen molar-refractivity contribution >= 4 is 73.1 Å². The molecule has 224 valence electrons. The van der Waals surface area contributed by atoms with Crippen molar-refractivity contribution in [2.75, 3.05) is 30.5 Å². The summed E-state index contributed by atoms with van der Waals surface area (Å²) in [4.78, 5) is 52.9. The monoisotopic (exact) mass is 713 g/mol. The van der Waals surface area contributed by atoms with Gasteiger partial charge in [-0.05, 0) is 83.7 Å². The fraction of sp³-hybridized carbons (Fsp3) is 0.226. The molecule has 12 heteroatoms. The zero-order valence-corrected chi connectivity index (χ0v) is 27.1. The van der Waals surface area contributed by atoms with Gasteiger partial charge in [-0.3, -0.25) is 19.7 Å². The summed E-state index contributed by atoms with van der Waals surface area (Å²) in [6.45, 7) is 5.89. The number of nitrogens with one attached hydrogen (secondary N) is 2. The number of carbonyl (C=O) groups is 4. The van der Waals surface area contributed by atoms with Crippen LogP contribution in [0.4, 0.5) is 16.2 Å². The Morgan fingerprint density at radius 2 is 1.77 bits per heavy atom. The van der Waals surface area contributed by atoms with Crippen LogP contribution in [0.15, 0.2) is 63.0 Å². The van der Waals surface area contributed by atoms with E-state index in [0.717, 1.165) is 22.4 Å². The fourth-order valence-electron chi connectivity index (χ4n) is 4.21. The first-order valence-electron chi connectivity index (χ1n) is 13.2. The number of hydrogen-bond donors (Lipinski definition) is 2. The van der Waals surface area contributed by atoms with Crippen molar-refractivity contribution in [1.82, 2.24) is 5.32 Å². The number of benzene rings is 3. The van der Waals surface area contributed by atoms with Gasteiger partial charge in [-0.1, -0.05) is 35.0 Å². The maximum absolute atomic E-state index is 13.6. The maximum Gasteiger partial charge on any atom is 0.335 e. The third-order valence-corrected chi connectivity index (χ3v) is 7.37. The molecule has 0 unspecified atom stereocenters. The maximum atomic E-state index is 13.6. The summed E-state index contributed by atoms with van der Waals surface area (Å²) >= 11 is 6.85. The Hall–Kier alpha value is -4.16. The molecule has 1 aliphatic rings. The largest absolute Gasteiger partial charge is 0.493 e. The van der Waals surface area contributed by atoms with Crippen molar-refractivity contribution < 1.29 is 33.4 Å². The molecule has 1 fully saturated rings. The van der Waals surface area contributed by atoms with Crippen LogP contribution < -0.4 is 29.7 Å². The summed E-state index contributed by atoms with van der Waals surface area (Å²) in [6.07, 6.45) is 2.09. The Morgan fingerprint density at radius 1 is 1.00 bits per heavy atom. The van der Waals surface area contributed by atoms with Crippen LogP contribution in [-0.4, -0.2) is 44.1 Å². The van der Waals surface area contributed by atoms with Crippen molar-refractivity contribution in [2.24, 2.45) is 0 Å². The smallest absolute Gasteiger partial charge is 0.335 e. The Labute approximate surface area is 265 Å². The second-order valence-corrected chi connectivity index (χ2v) is 11.4. The quantitative estimate of drug-likeness (QED) is 0.186. The second-order valence-electron chi connectivity index (χ2n) is 9.60. The summed E-state index contributed by atoms with van der Waals surface area (Å²) in [7, 11) is 1.44. The molecule has 0 aliphatic carbocycles. The normalized spacial score (nSPS) is 14.0. The summed E-state index contributed by atoms with van der Waals surface area (Å²) in [6, 6.07) is 12.7. The van der Waals surface area contributed by atoms with Crippen LogP contribution in [0.1, 0.15) is 30.0 Å². The van der Waals surface area contributed by atoms with Gasteiger partial charge in [-0.25, -0.2) is 9.69 Å². The highest BCUT2D eigenvalue weighted by Crippen LogP contribution is 2.36. The van der Waals surface area contributed by atoms with Gasteiger partial charge in [0.15, 0.2) is 18.1 Å². The summed E-state index contributed by atoms with van der Waals surface area (Å²) < 4.78 is 18.0. The first kappa shape index (κ1) is 31.8. The van der Waals surface area contributed by atoms with E-state index in [-0.39, 0.29) is 23.6 Å². The van der Waals surface area contributed by atoms with Crippen molar-refractivity contribution in [3.05, 3.63) is 79.7 Å². The SMILES string of the molecule is CCCOc1ccc(N2C(=O)NC(=O)/C(=C/c3cc(Br)cc(Br)c3OCC(=O)Nc3cc(C)ccc3C)C2=O)cc1OC. The number of carbonyl (C=O) groups excluding carboxylic acids is 4. The van der Waals surface area contributed by atoms with E-state index in [4.69, 9.17) is 14.2 Å². The van der Waals surface area contributed by atoms with Crippen LogP contribution in [0.3, 0.4) is 0 Å². The zero-order chi connectivity index (χ0) is 31.3. The predicted octanol–water partition coefficient (Wildman–Crippen LogP) is 6.31. The number of halogens is 2. The third kappa shape index (κ3) is 7.44. The van der Waals surface area contributed by atoms with E-state index in [1.165, 1.54) is 25.3 Å². The number of rotatable bonds is 10. The highest BCUT2D eigenvalue weighted by atomic mass is 79.9. The lowest BCUT2D eigenvalue weighted by Crippen LogP contribution is -2.54. The molecule has 2 N–H and O–H groups in total. The number of anilines is 2. The minimum atomic E-state index is -0.911. The summed E-state index contributed by atoms with van der Waals surface area (Å²) in [5.74, 6) is -1.14. The highest BCUT2D eigenvalue weighted by Gasteiger charge is 2.37. The average molecular weight is 715 g/mol. The van der Waals surface area contributed by atoms with Gasteiger partial charge in [0.05, 0.1) is 23.9 Å². The van der Waals surface area contributed by atoms with Crippen LogP contribution in [0.5, 0.6) is 17.2 Å². The van der Waals surface area contributed by atoms with E-state index in [0.29, 0.717) is 38.3 Å². The molecule has 5 amide bonds. The van der Waals surface area contributed by atoms with Crippen LogP contribution in [0.2, 0.25) is 0 Å². The lowest BCUT2D eigenvalue weighted by Gasteiger charge is -2.27. The molecule has 0 aromatic heterocycles.